The fourth-order valence-electron chi connectivity index (χ4n) is 3.73. The van der Waals surface area contributed by atoms with E-state index in [1.807, 2.05) is 47.4 Å². The second-order valence-electron chi connectivity index (χ2n) is 7.50. The lowest BCUT2D eigenvalue weighted by Gasteiger charge is -2.17. The molecule has 2 aromatic carbocycles. The molecule has 4 nitrogen and oxygen atoms in total. The number of nitrogens with two attached hydrogens (primary N) is 1. The highest BCUT2D eigenvalue weighted by Crippen LogP contribution is 2.33. The van der Waals surface area contributed by atoms with Crippen LogP contribution in [0.2, 0.25) is 0 Å². The van der Waals surface area contributed by atoms with Crippen LogP contribution in [0, 0.1) is 11.8 Å². The number of rotatable bonds is 6. The van der Waals surface area contributed by atoms with Crippen LogP contribution in [0.4, 0.5) is 0 Å². The summed E-state index contributed by atoms with van der Waals surface area (Å²) < 4.78 is 5.76. The van der Waals surface area contributed by atoms with Crippen molar-refractivity contribution in [1.29, 1.82) is 0 Å². The molecule has 0 spiro atoms. The fourth-order valence-corrected chi connectivity index (χ4v) is 3.73. The lowest BCUT2D eigenvalue weighted by Crippen LogP contribution is -2.29. The third kappa shape index (κ3) is 4.63. The molecule has 1 aliphatic heterocycles. The van der Waals surface area contributed by atoms with Gasteiger partial charge in [0, 0.05) is 24.6 Å². The molecule has 0 aromatic heterocycles. The first-order chi connectivity index (χ1) is 12.7. The van der Waals surface area contributed by atoms with E-state index in [4.69, 9.17) is 10.5 Å². The molecule has 5 heteroatoms. The molecular formula is C22H27ClN2O2. The van der Waals surface area contributed by atoms with E-state index >= 15 is 0 Å². The molecule has 2 aromatic rings. The highest BCUT2D eigenvalue weighted by atomic mass is 35.5. The minimum atomic E-state index is 0. The maximum atomic E-state index is 12.9. The molecule has 0 bridgehead atoms. The average molecular weight is 387 g/mol. The largest absolute Gasteiger partial charge is 0.493 e. The highest BCUT2D eigenvalue weighted by Gasteiger charge is 2.35. The molecule has 2 fully saturated rings. The van der Waals surface area contributed by atoms with Gasteiger partial charge in [0.15, 0.2) is 0 Å². The normalized spacial score (nSPS) is 21.6. The van der Waals surface area contributed by atoms with Crippen molar-refractivity contribution in [3.63, 3.8) is 0 Å². The molecule has 27 heavy (non-hydrogen) atoms. The Bertz CT molecular complexity index is 747. The van der Waals surface area contributed by atoms with Gasteiger partial charge < -0.3 is 15.4 Å². The Hall–Kier alpha value is -2.04. The standard InChI is InChI=1S/C22H26N2O2.ClH/c23-12-19-13-24(14-21(19)17-4-2-1-3-5-17)22(25)18-8-10-20(11-9-18)26-15-16-6-7-16;/h1-5,8-11,16,19,21H,6-7,12-15,23H2;1H/t19-,21+;/m1./s1. The number of benzene rings is 2. The summed E-state index contributed by atoms with van der Waals surface area (Å²) >= 11 is 0. The first-order valence-electron chi connectivity index (χ1n) is 9.51. The topological polar surface area (TPSA) is 55.6 Å². The van der Waals surface area contributed by atoms with Crippen molar-refractivity contribution in [2.45, 2.75) is 18.8 Å². The number of likely N-dealkylation sites (tertiary alicyclic amines) is 1. The molecule has 1 aliphatic carbocycles. The number of nitrogens with zero attached hydrogens (tertiary/aromatic N) is 1. The molecule has 1 amide bonds. The van der Waals surface area contributed by atoms with Crippen molar-refractivity contribution in [2.24, 2.45) is 17.6 Å². The summed E-state index contributed by atoms with van der Waals surface area (Å²) in [5, 5.41) is 0. The Kier molecular flexibility index (Phi) is 6.40. The number of carbonyl (C=O) groups excluding carboxylic acids is 1. The fraction of sp³-hybridized carbons (Fsp3) is 0.409. The smallest absolute Gasteiger partial charge is 0.253 e. The molecule has 2 atom stereocenters. The monoisotopic (exact) mass is 386 g/mol. The molecule has 4 rings (SSSR count). The van der Waals surface area contributed by atoms with E-state index in [2.05, 4.69) is 12.1 Å². The Labute approximate surface area is 167 Å². The lowest BCUT2D eigenvalue weighted by atomic mass is 9.89. The maximum absolute atomic E-state index is 12.9. The second-order valence-corrected chi connectivity index (χ2v) is 7.50. The molecule has 1 saturated heterocycles. The number of carbonyl (C=O) groups is 1. The summed E-state index contributed by atoms with van der Waals surface area (Å²) in [6.45, 7) is 2.83. The maximum Gasteiger partial charge on any atom is 0.253 e. The third-order valence-electron chi connectivity index (χ3n) is 5.54. The molecule has 2 aliphatic rings. The summed E-state index contributed by atoms with van der Waals surface area (Å²) in [6.07, 6.45) is 2.55. The van der Waals surface area contributed by atoms with Gasteiger partial charge in [0.2, 0.25) is 0 Å². The van der Waals surface area contributed by atoms with Crippen LogP contribution in [0.5, 0.6) is 5.75 Å². The van der Waals surface area contributed by atoms with E-state index in [0.29, 0.717) is 23.9 Å². The van der Waals surface area contributed by atoms with Gasteiger partial charge in [0.1, 0.15) is 5.75 Å². The molecule has 2 N–H and O–H groups in total. The minimum absolute atomic E-state index is 0. The molecule has 0 unspecified atom stereocenters. The van der Waals surface area contributed by atoms with Crippen molar-refractivity contribution >= 4 is 18.3 Å². The number of hydrogen-bond acceptors (Lipinski definition) is 3. The van der Waals surface area contributed by atoms with Crippen LogP contribution in [-0.2, 0) is 0 Å². The molecule has 0 radical (unpaired) electrons. The van der Waals surface area contributed by atoms with E-state index in [1.165, 1.54) is 18.4 Å². The Morgan fingerprint density at radius 3 is 2.37 bits per heavy atom. The first-order valence-corrected chi connectivity index (χ1v) is 9.51. The summed E-state index contributed by atoms with van der Waals surface area (Å²) in [5.74, 6) is 2.27. The van der Waals surface area contributed by atoms with Crippen LogP contribution in [0.15, 0.2) is 54.6 Å². The van der Waals surface area contributed by atoms with Crippen molar-refractivity contribution in [1.82, 2.24) is 4.90 Å². The SMILES string of the molecule is Cl.NC[C@@H]1CN(C(=O)c2ccc(OCC3CC3)cc2)C[C@H]1c1ccccc1. The molecule has 1 saturated carbocycles. The Balaban J connectivity index is 0.00000210. The van der Waals surface area contributed by atoms with Crippen LogP contribution in [0.3, 0.4) is 0 Å². The van der Waals surface area contributed by atoms with E-state index in [-0.39, 0.29) is 18.3 Å². The zero-order chi connectivity index (χ0) is 17.9. The van der Waals surface area contributed by atoms with Crippen molar-refractivity contribution in [3.05, 3.63) is 65.7 Å². The van der Waals surface area contributed by atoms with E-state index < -0.39 is 0 Å². The van der Waals surface area contributed by atoms with Gasteiger partial charge in [0.05, 0.1) is 6.61 Å². The van der Waals surface area contributed by atoms with Crippen molar-refractivity contribution < 1.29 is 9.53 Å². The van der Waals surface area contributed by atoms with E-state index in [1.54, 1.807) is 0 Å². The highest BCUT2D eigenvalue weighted by molar-refractivity contribution is 5.94. The van der Waals surface area contributed by atoms with Gasteiger partial charge in [-0.3, -0.25) is 4.79 Å². The summed E-state index contributed by atoms with van der Waals surface area (Å²) in [7, 11) is 0. The lowest BCUT2D eigenvalue weighted by molar-refractivity contribution is 0.0786. The van der Waals surface area contributed by atoms with Gasteiger partial charge in [-0.05, 0) is 61.1 Å². The van der Waals surface area contributed by atoms with Gasteiger partial charge in [-0.25, -0.2) is 0 Å². The van der Waals surface area contributed by atoms with Gasteiger partial charge in [-0.2, -0.15) is 0 Å². The van der Waals surface area contributed by atoms with E-state index in [9.17, 15) is 4.79 Å². The number of hydrogen-bond donors (Lipinski definition) is 1. The number of halogens is 1. The average Bonchev–Trinajstić information content (AvgIpc) is 3.43. The summed E-state index contributed by atoms with van der Waals surface area (Å²) in [4.78, 5) is 14.9. The Morgan fingerprint density at radius 2 is 1.74 bits per heavy atom. The quantitative estimate of drug-likeness (QED) is 0.823. The van der Waals surface area contributed by atoms with Crippen LogP contribution < -0.4 is 10.5 Å². The molecule has 1 heterocycles. The number of amides is 1. The van der Waals surface area contributed by atoms with E-state index in [0.717, 1.165) is 31.4 Å². The van der Waals surface area contributed by atoms with Gasteiger partial charge in [-0.15, -0.1) is 12.4 Å². The number of ether oxygens (including phenoxy) is 1. The zero-order valence-electron chi connectivity index (χ0n) is 15.4. The summed E-state index contributed by atoms with van der Waals surface area (Å²) in [5.41, 5.74) is 7.97. The van der Waals surface area contributed by atoms with Gasteiger partial charge >= 0.3 is 0 Å². The molecule has 144 valence electrons. The first kappa shape index (κ1) is 19.7. The Morgan fingerprint density at radius 1 is 1.04 bits per heavy atom. The van der Waals surface area contributed by atoms with Gasteiger partial charge in [-0.1, -0.05) is 30.3 Å². The van der Waals surface area contributed by atoms with Gasteiger partial charge in [0.25, 0.3) is 5.91 Å². The minimum Gasteiger partial charge on any atom is -0.493 e. The van der Waals surface area contributed by atoms with Crippen molar-refractivity contribution in [3.8, 4) is 5.75 Å². The zero-order valence-corrected chi connectivity index (χ0v) is 16.2. The van der Waals surface area contributed by atoms with Crippen LogP contribution in [-0.4, -0.2) is 37.0 Å². The van der Waals surface area contributed by atoms with Crippen LogP contribution in [0.1, 0.15) is 34.7 Å². The molecular weight excluding hydrogens is 360 g/mol. The van der Waals surface area contributed by atoms with Crippen LogP contribution in [0.25, 0.3) is 0 Å². The predicted octanol–water partition coefficient (Wildman–Crippen LogP) is 3.71. The van der Waals surface area contributed by atoms with Crippen LogP contribution >= 0.6 is 12.4 Å². The third-order valence-corrected chi connectivity index (χ3v) is 5.54. The summed E-state index contributed by atoms with van der Waals surface area (Å²) in [6, 6.07) is 17.9. The predicted molar refractivity (Wildman–Crippen MR) is 110 cm³/mol. The second kappa shape index (κ2) is 8.77. The van der Waals surface area contributed by atoms with Crippen molar-refractivity contribution in [2.75, 3.05) is 26.2 Å².